The van der Waals surface area contributed by atoms with Crippen LogP contribution >= 0.6 is 0 Å². The van der Waals surface area contributed by atoms with Gasteiger partial charge in [-0.25, -0.2) is 0 Å². The molecule has 0 spiro atoms. The number of rotatable bonds is 7. The van der Waals surface area contributed by atoms with Gasteiger partial charge in [0, 0.05) is 23.3 Å². The number of anilines is 4. The second-order valence-corrected chi connectivity index (χ2v) is 6.04. The molecule has 0 radical (unpaired) electrons. The van der Waals surface area contributed by atoms with E-state index in [0.717, 1.165) is 17.1 Å². The fraction of sp³-hybridized carbons (Fsp3) is 0.0435. The Hall–Kier alpha value is -4.24. The minimum atomic E-state index is -0.521. The fourth-order valence-corrected chi connectivity index (χ4v) is 2.58. The van der Waals surface area contributed by atoms with E-state index in [9.17, 15) is 10.1 Å². The van der Waals surface area contributed by atoms with Crippen molar-refractivity contribution < 1.29 is 9.53 Å². The Bertz CT molecular complexity index is 1040. The molecule has 3 N–H and O–H groups in total. The quantitative estimate of drug-likeness (QED) is 0.399. The molecule has 1 amide bonds. The van der Waals surface area contributed by atoms with Crippen molar-refractivity contribution in [1.29, 1.82) is 5.26 Å². The average molecular weight is 384 g/mol. The van der Waals surface area contributed by atoms with Gasteiger partial charge in [0.25, 0.3) is 5.91 Å². The highest BCUT2D eigenvalue weighted by Gasteiger charge is 2.11. The molecule has 0 saturated carbocycles. The number of hydrogen-bond donors (Lipinski definition) is 3. The van der Waals surface area contributed by atoms with Crippen molar-refractivity contribution in [3.63, 3.8) is 0 Å². The van der Waals surface area contributed by atoms with Gasteiger partial charge in [0.15, 0.2) is 0 Å². The van der Waals surface area contributed by atoms with Crippen LogP contribution in [0, 0.1) is 11.3 Å². The molecule has 0 heterocycles. The van der Waals surface area contributed by atoms with E-state index in [0.29, 0.717) is 11.4 Å². The topological polar surface area (TPSA) is 86.2 Å². The van der Waals surface area contributed by atoms with E-state index in [1.807, 2.05) is 60.7 Å². The molecule has 0 bridgehead atoms. The van der Waals surface area contributed by atoms with Crippen molar-refractivity contribution in [2.24, 2.45) is 0 Å². The van der Waals surface area contributed by atoms with Crippen LogP contribution in [0.2, 0.25) is 0 Å². The van der Waals surface area contributed by atoms with Crippen LogP contribution in [0.5, 0.6) is 5.75 Å². The summed E-state index contributed by atoms with van der Waals surface area (Å²) in [6.45, 7) is 0. The normalized spacial score (nSPS) is 10.6. The number of amides is 1. The highest BCUT2D eigenvalue weighted by molar-refractivity contribution is 6.07. The fourth-order valence-electron chi connectivity index (χ4n) is 2.58. The molecule has 6 nitrogen and oxygen atoms in total. The minimum Gasteiger partial charge on any atom is -0.495 e. The van der Waals surface area contributed by atoms with Crippen molar-refractivity contribution in [3.05, 3.63) is 90.6 Å². The van der Waals surface area contributed by atoms with E-state index in [4.69, 9.17) is 4.74 Å². The van der Waals surface area contributed by atoms with E-state index in [1.165, 1.54) is 13.3 Å². The second-order valence-electron chi connectivity index (χ2n) is 6.04. The van der Waals surface area contributed by atoms with E-state index < -0.39 is 5.91 Å². The summed E-state index contributed by atoms with van der Waals surface area (Å²) in [5, 5.41) is 18.3. The maximum Gasteiger partial charge on any atom is 0.267 e. The van der Waals surface area contributed by atoms with Crippen molar-refractivity contribution in [1.82, 2.24) is 0 Å². The molecule has 6 heteroatoms. The number of nitriles is 1. The van der Waals surface area contributed by atoms with Gasteiger partial charge in [0.05, 0.1) is 12.8 Å². The smallest absolute Gasteiger partial charge is 0.267 e. The Morgan fingerprint density at radius 3 is 2.21 bits per heavy atom. The van der Waals surface area contributed by atoms with Crippen LogP contribution < -0.4 is 20.7 Å². The van der Waals surface area contributed by atoms with Gasteiger partial charge in [-0.1, -0.05) is 30.3 Å². The molecule has 3 rings (SSSR count). The van der Waals surface area contributed by atoms with Crippen LogP contribution in [0.15, 0.2) is 90.6 Å². The standard InChI is InChI=1S/C23H20N4O2/c1-29-22-10-6-5-9-21(22)27-23(28)17(15-24)16-25-18-11-13-20(14-12-18)26-19-7-3-2-4-8-19/h2-14,16,25-26H,1H3,(H,27,28)/b17-16-. The van der Waals surface area contributed by atoms with E-state index in [2.05, 4.69) is 16.0 Å². The molecular weight excluding hydrogens is 364 g/mol. The minimum absolute atomic E-state index is 0.0533. The summed E-state index contributed by atoms with van der Waals surface area (Å²) in [5.41, 5.74) is 3.12. The Morgan fingerprint density at radius 2 is 1.52 bits per heavy atom. The molecule has 0 fully saturated rings. The summed E-state index contributed by atoms with van der Waals surface area (Å²) in [5.74, 6) is -0.000492. The lowest BCUT2D eigenvalue weighted by Gasteiger charge is -2.10. The number of carbonyl (C=O) groups excluding carboxylic acids is 1. The molecule has 0 aliphatic carbocycles. The lowest BCUT2D eigenvalue weighted by atomic mass is 10.2. The first-order valence-corrected chi connectivity index (χ1v) is 8.93. The Labute approximate surface area is 169 Å². The third-order valence-corrected chi connectivity index (χ3v) is 4.05. The average Bonchev–Trinajstić information content (AvgIpc) is 2.76. The van der Waals surface area contributed by atoms with Crippen LogP contribution in [0.1, 0.15) is 0 Å². The maximum atomic E-state index is 12.4. The van der Waals surface area contributed by atoms with E-state index >= 15 is 0 Å². The van der Waals surface area contributed by atoms with Crippen molar-refractivity contribution in [3.8, 4) is 11.8 Å². The zero-order chi connectivity index (χ0) is 20.5. The molecule has 0 atom stereocenters. The van der Waals surface area contributed by atoms with Crippen LogP contribution in [0.25, 0.3) is 0 Å². The molecule has 3 aromatic rings. The largest absolute Gasteiger partial charge is 0.495 e. The van der Waals surface area contributed by atoms with Gasteiger partial charge < -0.3 is 20.7 Å². The predicted molar refractivity (Wildman–Crippen MR) is 115 cm³/mol. The van der Waals surface area contributed by atoms with Gasteiger partial charge in [0.1, 0.15) is 17.4 Å². The molecule has 0 aliphatic heterocycles. The number of nitrogens with zero attached hydrogens (tertiary/aromatic N) is 1. The molecule has 0 aromatic heterocycles. The van der Waals surface area contributed by atoms with E-state index in [1.54, 1.807) is 24.3 Å². The van der Waals surface area contributed by atoms with Gasteiger partial charge in [-0.15, -0.1) is 0 Å². The third kappa shape index (κ3) is 5.37. The monoisotopic (exact) mass is 384 g/mol. The number of nitrogens with one attached hydrogen (secondary N) is 3. The lowest BCUT2D eigenvalue weighted by Crippen LogP contribution is -2.15. The number of hydrogen-bond acceptors (Lipinski definition) is 5. The van der Waals surface area contributed by atoms with Gasteiger partial charge in [0.2, 0.25) is 0 Å². The zero-order valence-electron chi connectivity index (χ0n) is 15.8. The highest BCUT2D eigenvalue weighted by atomic mass is 16.5. The summed E-state index contributed by atoms with van der Waals surface area (Å²) in [4.78, 5) is 12.4. The van der Waals surface area contributed by atoms with Crippen molar-refractivity contribution in [2.45, 2.75) is 0 Å². The molecule has 3 aromatic carbocycles. The number of methoxy groups -OCH3 is 1. The van der Waals surface area contributed by atoms with Gasteiger partial charge in [-0.05, 0) is 48.5 Å². The summed E-state index contributed by atoms with van der Waals surface area (Å²) in [7, 11) is 1.52. The molecule has 0 aliphatic rings. The lowest BCUT2D eigenvalue weighted by molar-refractivity contribution is -0.112. The van der Waals surface area contributed by atoms with Gasteiger partial charge in [-0.3, -0.25) is 4.79 Å². The molecular formula is C23H20N4O2. The maximum absolute atomic E-state index is 12.4. The number of ether oxygens (including phenoxy) is 1. The third-order valence-electron chi connectivity index (χ3n) is 4.05. The molecule has 0 unspecified atom stereocenters. The summed E-state index contributed by atoms with van der Waals surface area (Å²) in [6.07, 6.45) is 1.38. The summed E-state index contributed by atoms with van der Waals surface area (Å²) >= 11 is 0. The van der Waals surface area contributed by atoms with Crippen molar-refractivity contribution >= 4 is 28.7 Å². The van der Waals surface area contributed by atoms with Crippen molar-refractivity contribution in [2.75, 3.05) is 23.1 Å². The highest BCUT2D eigenvalue weighted by Crippen LogP contribution is 2.23. The van der Waals surface area contributed by atoms with Crippen LogP contribution in [-0.2, 0) is 4.79 Å². The summed E-state index contributed by atoms with van der Waals surface area (Å²) in [6, 6.07) is 26.3. The molecule has 29 heavy (non-hydrogen) atoms. The number of benzene rings is 3. The molecule has 144 valence electrons. The molecule has 0 saturated heterocycles. The van der Waals surface area contributed by atoms with Crippen LogP contribution in [0.4, 0.5) is 22.7 Å². The Morgan fingerprint density at radius 1 is 0.897 bits per heavy atom. The van der Waals surface area contributed by atoms with Gasteiger partial charge >= 0.3 is 0 Å². The summed E-state index contributed by atoms with van der Waals surface area (Å²) < 4.78 is 5.20. The van der Waals surface area contributed by atoms with Crippen LogP contribution in [-0.4, -0.2) is 13.0 Å². The number of carbonyl (C=O) groups is 1. The zero-order valence-corrected chi connectivity index (χ0v) is 15.8. The second kappa shape index (κ2) is 9.62. The van der Waals surface area contributed by atoms with E-state index in [-0.39, 0.29) is 5.57 Å². The number of para-hydroxylation sites is 3. The SMILES string of the molecule is COc1ccccc1NC(=O)/C(C#N)=C\Nc1ccc(Nc2ccccc2)cc1. The first kappa shape index (κ1) is 19.5. The Balaban J connectivity index is 1.64. The first-order valence-electron chi connectivity index (χ1n) is 8.93. The first-order chi connectivity index (χ1) is 14.2. The van der Waals surface area contributed by atoms with Crippen LogP contribution in [0.3, 0.4) is 0 Å². The Kier molecular flexibility index (Phi) is 6.48. The predicted octanol–water partition coefficient (Wildman–Crippen LogP) is 4.90. The van der Waals surface area contributed by atoms with Gasteiger partial charge in [-0.2, -0.15) is 5.26 Å².